The largest absolute Gasteiger partial charge is 0.310 e. The van der Waals surface area contributed by atoms with E-state index in [4.69, 9.17) is 11.6 Å². The molecular weight excluding hydrogens is 254 g/mol. The topological polar surface area (TPSA) is 12.0 Å². The summed E-state index contributed by atoms with van der Waals surface area (Å²) in [7, 11) is 0. The van der Waals surface area contributed by atoms with Crippen molar-refractivity contribution in [3.63, 3.8) is 0 Å². The summed E-state index contributed by atoms with van der Waals surface area (Å²) in [6.45, 7) is 3.18. The number of nitrogens with one attached hydrogen (secondary N) is 1. The van der Waals surface area contributed by atoms with Crippen LogP contribution in [-0.4, -0.2) is 6.54 Å². The van der Waals surface area contributed by atoms with Crippen LogP contribution in [0.1, 0.15) is 30.5 Å². The van der Waals surface area contributed by atoms with E-state index in [9.17, 15) is 0 Å². The number of halogens is 1. The maximum atomic E-state index is 6.11. The van der Waals surface area contributed by atoms with Crippen LogP contribution in [0.3, 0.4) is 0 Å². The average Bonchev–Trinajstić information content (AvgIpc) is 2.83. The van der Waals surface area contributed by atoms with Gasteiger partial charge in [-0.05, 0) is 53.8 Å². The van der Waals surface area contributed by atoms with Gasteiger partial charge in [0.1, 0.15) is 0 Å². The zero-order valence-electron chi connectivity index (χ0n) is 11.1. The van der Waals surface area contributed by atoms with Crippen LogP contribution in [-0.2, 0) is 6.42 Å². The van der Waals surface area contributed by atoms with E-state index in [1.165, 1.54) is 28.7 Å². The van der Waals surface area contributed by atoms with E-state index in [-0.39, 0.29) is 0 Å². The zero-order valence-corrected chi connectivity index (χ0v) is 11.9. The van der Waals surface area contributed by atoms with Gasteiger partial charge in [-0.25, -0.2) is 0 Å². The molecule has 1 aliphatic carbocycles. The summed E-state index contributed by atoms with van der Waals surface area (Å²) in [5.41, 5.74) is 5.50. The Morgan fingerprint density at radius 3 is 2.84 bits per heavy atom. The Morgan fingerprint density at radius 1 is 1.21 bits per heavy atom. The molecule has 0 fully saturated rings. The smallest absolute Gasteiger partial charge is 0.0412 e. The molecule has 19 heavy (non-hydrogen) atoms. The van der Waals surface area contributed by atoms with Crippen LogP contribution in [0.15, 0.2) is 42.5 Å². The second-order valence-electron chi connectivity index (χ2n) is 5.03. The van der Waals surface area contributed by atoms with Crippen molar-refractivity contribution in [3.05, 3.63) is 58.6 Å². The third kappa shape index (κ3) is 2.41. The van der Waals surface area contributed by atoms with E-state index >= 15 is 0 Å². The predicted octanol–water partition coefficient (Wildman–Crippen LogP) is 4.60. The van der Waals surface area contributed by atoms with Gasteiger partial charge in [0.05, 0.1) is 0 Å². The number of fused-ring (bicyclic) bond motifs is 1. The second kappa shape index (κ2) is 5.36. The standard InChI is InChI=1S/C17H18ClN/c1-2-19-17-10-9-15-14(7-4-8-16(15)17)12-5-3-6-13(18)11-12/h3-8,11,17,19H,2,9-10H2,1H3. The van der Waals surface area contributed by atoms with E-state index in [1.807, 2.05) is 12.1 Å². The summed E-state index contributed by atoms with van der Waals surface area (Å²) in [6, 6.07) is 15.3. The number of rotatable bonds is 3. The van der Waals surface area contributed by atoms with E-state index < -0.39 is 0 Å². The molecule has 0 saturated heterocycles. The Kier molecular flexibility index (Phi) is 3.58. The lowest BCUT2D eigenvalue weighted by Gasteiger charge is -2.14. The molecule has 0 radical (unpaired) electrons. The lowest BCUT2D eigenvalue weighted by atomic mass is 9.96. The first-order valence-corrected chi connectivity index (χ1v) is 7.28. The normalized spacial score (nSPS) is 17.5. The maximum Gasteiger partial charge on any atom is 0.0412 e. The van der Waals surface area contributed by atoms with Crippen LogP contribution in [0.5, 0.6) is 0 Å². The fraction of sp³-hybridized carbons (Fsp3) is 0.294. The predicted molar refractivity (Wildman–Crippen MR) is 81.6 cm³/mol. The van der Waals surface area contributed by atoms with Gasteiger partial charge in [-0.1, -0.05) is 48.9 Å². The van der Waals surface area contributed by atoms with Crippen molar-refractivity contribution < 1.29 is 0 Å². The molecule has 2 aromatic rings. The number of hydrogen-bond acceptors (Lipinski definition) is 1. The molecule has 1 N–H and O–H groups in total. The molecular formula is C17H18ClN. The maximum absolute atomic E-state index is 6.11. The molecule has 98 valence electrons. The summed E-state index contributed by atoms with van der Waals surface area (Å²) in [5.74, 6) is 0. The lowest BCUT2D eigenvalue weighted by molar-refractivity contribution is 0.549. The Labute approximate surface area is 119 Å². The van der Waals surface area contributed by atoms with Crippen LogP contribution < -0.4 is 5.32 Å². The van der Waals surface area contributed by atoms with Crippen LogP contribution >= 0.6 is 11.6 Å². The van der Waals surface area contributed by atoms with Gasteiger partial charge in [0.2, 0.25) is 0 Å². The molecule has 1 nitrogen and oxygen atoms in total. The fourth-order valence-corrected chi connectivity index (χ4v) is 3.23. The van der Waals surface area contributed by atoms with Crippen LogP contribution in [0.4, 0.5) is 0 Å². The number of benzene rings is 2. The van der Waals surface area contributed by atoms with Crippen LogP contribution in [0.2, 0.25) is 5.02 Å². The van der Waals surface area contributed by atoms with Crippen molar-refractivity contribution in [1.82, 2.24) is 5.32 Å². The minimum atomic E-state index is 0.513. The van der Waals surface area contributed by atoms with E-state index in [2.05, 4.69) is 42.6 Å². The SMILES string of the molecule is CCNC1CCc2c(-c3cccc(Cl)c3)cccc21. The highest BCUT2D eigenvalue weighted by molar-refractivity contribution is 6.30. The molecule has 1 aliphatic rings. The van der Waals surface area contributed by atoms with Gasteiger partial charge in [0.15, 0.2) is 0 Å². The quantitative estimate of drug-likeness (QED) is 0.860. The molecule has 0 heterocycles. The Bertz CT molecular complexity index is 592. The molecule has 0 amide bonds. The highest BCUT2D eigenvalue weighted by Crippen LogP contribution is 2.38. The molecule has 0 spiro atoms. The molecule has 2 heteroatoms. The van der Waals surface area contributed by atoms with E-state index in [1.54, 1.807) is 0 Å². The van der Waals surface area contributed by atoms with Gasteiger partial charge in [0, 0.05) is 11.1 Å². The monoisotopic (exact) mass is 271 g/mol. The molecule has 0 saturated carbocycles. The third-order valence-electron chi connectivity index (χ3n) is 3.86. The summed E-state index contributed by atoms with van der Waals surface area (Å²) in [4.78, 5) is 0. The summed E-state index contributed by atoms with van der Waals surface area (Å²) >= 11 is 6.11. The highest BCUT2D eigenvalue weighted by atomic mass is 35.5. The third-order valence-corrected chi connectivity index (χ3v) is 4.09. The van der Waals surface area contributed by atoms with Crippen molar-refractivity contribution in [2.45, 2.75) is 25.8 Å². The Hall–Kier alpha value is -1.31. The molecule has 0 aliphatic heterocycles. The second-order valence-corrected chi connectivity index (χ2v) is 5.47. The Morgan fingerprint density at radius 2 is 2.05 bits per heavy atom. The van der Waals surface area contributed by atoms with Gasteiger partial charge < -0.3 is 5.32 Å². The lowest BCUT2D eigenvalue weighted by Crippen LogP contribution is -2.18. The minimum Gasteiger partial charge on any atom is -0.310 e. The summed E-state index contributed by atoms with van der Waals surface area (Å²) < 4.78 is 0. The van der Waals surface area contributed by atoms with Gasteiger partial charge in [-0.3, -0.25) is 0 Å². The van der Waals surface area contributed by atoms with Crippen LogP contribution in [0, 0.1) is 0 Å². The first-order chi connectivity index (χ1) is 9.29. The fourth-order valence-electron chi connectivity index (χ4n) is 3.04. The zero-order chi connectivity index (χ0) is 13.2. The number of hydrogen-bond donors (Lipinski definition) is 1. The molecule has 1 atom stereocenters. The molecule has 0 aromatic heterocycles. The Balaban J connectivity index is 2.05. The van der Waals surface area contributed by atoms with Crippen molar-refractivity contribution in [2.24, 2.45) is 0 Å². The van der Waals surface area contributed by atoms with Crippen molar-refractivity contribution in [2.75, 3.05) is 6.54 Å². The van der Waals surface area contributed by atoms with E-state index in [0.29, 0.717) is 6.04 Å². The van der Waals surface area contributed by atoms with Crippen molar-refractivity contribution in [1.29, 1.82) is 0 Å². The van der Waals surface area contributed by atoms with E-state index in [0.717, 1.165) is 18.0 Å². The van der Waals surface area contributed by atoms with Crippen molar-refractivity contribution >= 4 is 11.6 Å². The van der Waals surface area contributed by atoms with Crippen LogP contribution in [0.25, 0.3) is 11.1 Å². The van der Waals surface area contributed by atoms with Gasteiger partial charge in [-0.15, -0.1) is 0 Å². The summed E-state index contributed by atoms with van der Waals surface area (Å²) in [5, 5.41) is 4.37. The first-order valence-electron chi connectivity index (χ1n) is 6.90. The van der Waals surface area contributed by atoms with Gasteiger partial charge in [0.25, 0.3) is 0 Å². The molecule has 0 bridgehead atoms. The average molecular weight is 272 g/mol. The molecule has 1 unspecified atom stereocenters. The van der Waals surface area contributed by atoms with Gasteiger partial charge in [-0.2, -0.15) is 0 Å². The summed E-state index contributed by atoms with van der Waals surface area (Å²) in [6.07, 6.45) is 2.34. The van der Waals surface area contributed by atoms with Gasteiger partial charge >= 0.3 is 0 Å². The molecule has 2 aromatic carbocycles. The first kappa shape index (κ1) is 12.7. The minimum absolute atomic E-state index is 0.513. The molecule has 3 rings (SSSR count). The highest BCUT2D eigenvalue weighted by Gasteiger charge is 2.23. The van der Waals surface area contributed by atoms with Crippen molar-refractivity contribution in [3.8, 4) is 11.1 Å².